The molecular weight excluding hydrogens is 455 g/mol. The van der Waals surface area contributed by atoms with E-state index in [1.807, 2.05) is 0 Å². The zero-order valence-electron chi connectivity index (χ0n) is 15.0. The number of furan rings is 1. The van der Waals surface area contributed by atoms with Crippen molar-refractivity contribution in [1.29, 1.82) is 0 Å². The molecule has 5 nitrogen and oxygen atoms in total. The van der Waals surface area contributed by atoms with E-state index >= 15 is 0 Å². The number of benzene rings is 1. The quantitative estimate of drug-likeness (QED) is 0.314. The molecule has 0 radical (unpaired) electrons. The fraction of sp³-hybridized carbons (Fsp3) is 0.105. The molecule has 1 aliphatic heterocycles. The largest absolute Gasteiger partial charge is 0.468 e. The molecule has 1 N–H and O–H groups in total. The van der Waals surface area contributed by atoms with E-state index in [0.29, 0.717) is 11.4 Å². The zero-order chi connectivity index (χ0) is 21.3. The average Bonchev–Trinajstić information content (AvgIpc) is 3.40. The van der Waals surface area contributed by atoms with Crippen molar-refractivity contribution in [2.24, 2.45) is 0 Å². The molecule has 3 aromatic rings. The maximum Gasteiger partial charge on any atom is 0.435 e. The number of carbonyl (C=O) groups is 1. The van der Waals surface area contributed by atoms with E-state index in [1.165, 1.54) is 17.0 Å². The molecule has 1 fully saturated rings. The highest BCUT2D eigenvalue weighted by molar-refractivity contribution is 8.26. The number of nitrogens with one attached hydrogen (secondary N) is 1. The first-order chi connectivity index (χ1) is 14.3. The van der Waals surface area contributed by atoms with Gasteiger partial charge in [0, 0.05) is 5.56 Å². The Labute approximate surface area is 182 Å². The minimum absolute atomic E-state index is 0.0814. The van der Waals surface area contributed by atoms with Crippen LogP contribution in [0.4, 0.5) is 13.2 Å². The first kappa shape index (κ1) is 20.8. The Bertz CT molecular complexity index is 1120. The second-order valence-electron chi connectivity index (χ2n) is 6.03. The molecule has 11 heteroatoms. The summed E-state index contributed by atoms with van der Waals surface area (Å²) < 4.78 is 48.3. The lowest BCUT2D eigenvalue weighted by Crippen LogP contribution is -2.17. The van der Waals surface area contributed by atoms with Gasteiger partial charge in [0.1, 0.15) is 15.1 Å². The zero-order valence-corrected chi connectivity index (χ0v) is 17.4. The van der Waals surface area contributed by atoms with Gasteiger partial charge in [-0.1, -0.05) is 53.9 Å². The van der Waals surface area contributed by atoms with Crippen molar-refractivity contribution >= 4 is 52.0 Å². The van der Waals surface area contributed by atoms with Crippen molar-refractivity contribution in [3.63, 3.8) is 0 Å². The van der Waals surface area contributed by atoms with Crippen LogP contribution in [0.1, 0.15) is 17.0 Å². The van der Waals surface area contributed by atoms with Gasteiger partial charge in [-0.25, -0.2) is 4.68 Å². The molecule has 0 aliphatic carbocycles. The van der Waals surface area contributed by atoms with Crippen LogP contribution in [0, 0.1) is 0 Å². The van der Waals surface area contributed by atoms with E-state index in [2.05, 4.69) is 10.4 Å². The van der Waals surface area contributed by atoms with E-state index in [-0.39, 0.29) is 25.6 Å². The molecule has 3 heterocycles. The molecule has 0 spiro atoms. The summed E-state index contributed by atoms with van der Waals surface area (Å²) in [5.41, 5.74) is -0.800. The van der Waals surface area contributed by atoms with Gasteiger partial charge in [-0.05, 0) is 30.3 Å². The summed E-state index contributed by atoms with van der Waals surface area (Å²) in [6.07, 6.45) is -2.03. The molecule has 0 unspecified atom stereocenters. The summed E-state index contributed by atoms with van der Waals surface area (Å²) in [5, 5.41) is 6.51. The van der Waals surface area contributed by atoms with Gasteiger partial charge in [0.05, 0.1) is 22.6 Å². The van der Waals surface area contributed by atoms with Gasteiger partial charge in [-0.3, -0.25) is 4.79 Å². The van der Waals surface area contributed by atoms with Gasteiger partial charge < -0.3 is 9.73 Å². The van der Waals surface area contributed by atoms with Gasteiger partial charge in [0.25, 0.3) is 5.91 Å². The van der Waals surface area contributed by atoms with Gasteiger partial charge in [-0.15, -0.1) is 0 Å². The SMILES string of the molecule is O=C1NC(=S)S/C1=C\c1c(C(F)(F)F)nn(-c2ccccc2)c1SCc1ccco1. The fourth-order valence-electron chi connectivity index (χ4n) is 2.72. The van der Waals surface area contributed by atoms with Crippen molar-refractivity contribution in [1.82, 2.24) is 15.1 Å². The normalized spacial score (nSPS) is 15.8. The van der Waals surface area contributed by atoms with Crippen molar-refractivity contribution < 1.29 is 22.4 Å². The summed E-state index contributed by atoms with van der Waals surface area (Å²) >= 11 is 7.00. The predicted molar refractivity (Wildman–Crippen MR) is 113 cm³/mol. The summed E-state index contributed by atoms with van der Waals surface area (Å²) in [6.45, 7) is 0. The third-order valence-electron chi connectivity index (χ3n) is 4.00. The maximum atomic E-state index is 13.9. The second kappa shape index (κ2) is 8.32. The van der Waals surface area contributed by atoms with Crippen LogP contribution in [0.2, 0.25) is 0 Å². The highest BCUT2D eigenvalue weighted by Crippen LogP contribution is 2.41. The van der Waals surface area contributed by atoms with E-state index < -0.39 is 17.8 Å². The standard InChI is InChI=1S/C19H12F3N3O2S3/c20-19(21,22)15-13(9-14-16(26)23-18(28)30-14)17(29-10-12-7-4-8-27-12)25(24-15)11-5-2-1-3-6-11/h1-9H,10H2,(H,23,26,28)/b14-9-. The van der Waals surface area contributed by atoms with Gasteiger partial charge in [0.15, 0.2) is 5.69 Å². The molecular formula is C19H12F3N3O2S3. The fourth-order valence-corrected chi connectivity index (χ4v) is 4.77. The van der Waals surface area contributed by atoms with E-state index in [9.17, 15) is 18.0 Å². The number of carbonyl (C=O) groups excluding carboxylic acids is 1. The number of hydrogen-bond donors (Lipinski definition) is 1. The third kappa shape index (κ3) is 4.32. The smallest absolute Gasteiger partial charge is 0.435 e. The Hall–Kier alpha value is -2.50. The summed E-state index contributed by atoms with van der Waals surface area (Å²) in [6, 6.07) is 11.9. The van der Waals surface area contributed by atoms with Crippen molar-refractivity contribution in [2.75, 3.05) is 0 Å². The monoisotopic (exact) mass is 467 g/mol. The Morgan fingerprint density at radius 3 is 2.60 bits per heavy atom. The number of halogens is 3. The number of aromatic nitrogens is 2. The van der Waals surface area contributed by atoms with Crippen LogP contribution in [0.25, 0.3) is 11.8 Å². The maximum absolute atomic E-state index is 13.9. The van der Waals surface area contributed by atoms with Gasteiger partial charge >= 0.3 is 6.18 Å². The average molecular weight is 468 g/mol. The van der Waals surface area contributed by atoms with Crippen LogP contribution in [-0.4, -0.2) is 20.0 Å². The lowest BCUT2D eigenvalue weighted by molar-refractivity contribution is -0.141. The Morgan fingerprint density at radius 1 is 1.23 bits per heavy atom. The molecule has 1 aromatic carbocycles. The summed E-state index contributed by atoms with van der Waals surface area (Å²) in [7, 11) is 0. The lowest BCUT2D eigenvalue weighted by Gasteiger charge is -2.08. The summed E-state index contributed by atoms with van der Waals surface area (Å²) in [4.78, 5) is 12.1. The molecule has 0 bridgehead atoms. The highest BCUT2D eigenvalue weighted by Gasteiger charge is 2.40. The van der Waals surface area contributed by atoms with Crippen LogP contribution < -0.4 is 5.32 Å². The number of thioether (sulfide) groups is 2. The Balaban J connectivity index is 1.88. The van der Waals surface area contributed by atoms with E-state index in [1.54, 1.807) is 42.5 Å². The number of hydrogen-bond acceptors (Lipinski definition) is 6. The van der Waals surface area contributed by atoms with Crippen LogP contribution in [0.5, 0.6) is 0 Å². The Kier molecular flexibility index (Phi) is 5.76. The minimum atomic E-state index is -4.72. The molecule has 1 aliphatic rings. The van der Waals surface area contributed by atoms with Crippen LogP contribution in [0.15, 0.2) is 63.1 Å². The second-order valence-corrected chi connectivity index (χ2v) is 8.72. The molecule has 0 saturated carbocycles. The lowest BCUT2D eigenvalue weighted by atomic mass is 10.2. The first-order valence-corrected chi connectivity index (χ1v) is 10.7. The Morgan fingerprint density at radius 2 is 2.00 bits per heavy atom. The van der Waals surface area contributed by atoms with E-state index in [4.69, 9.17) is 16.6 Å². The van der Waals surface area contributed by atoms with E-state index in [0.717, 1.165) is 23.5 Å². The number of para-hydroxylation sites is 1. The molecule has 30 heavy (non-hydrogen) atoms. The molecule has 0 atom stereocenters. The van der Waals surface area contributed by atoms with Gasteiger partial charge in [0.2, 0.25) is 0 Å². The highest BCUT2D eigenvalue weighted by atomic mass is 32.2. The molecule has 1 saturated heterocycles. The third-order valence-corrected chi connectivity index (χ3v) is 6.25. The number of nitrogens with zero attached hydrogens (tertiary/aromatic N) is 2. The molecule has 2 aromatic heterocycles. The number of alkyl halides is 3. The van der Waals surface area contributed by atoms with Crippen LogP contribution >= 0.6 is 35.7 Å². The summed E-state index contributed by atoms with van der Waals surface area (Å²) in [5.74, 6) is 0.353. The number of amides is 1. The van der Waals surface area contributed by atoms with Crippen molar-refractivity contribution in [3.8, 4) is 5.69 Å². The first-order valence-electron chi connectivity index (χ1n) is 8.48. The van der Waals surface area contributed by atoms with Crippen molar-refractivity contribution in [3.05, 3.63) is 70.7 Å². The molecule has 1 amide bonds. The predicted octanol–water partition coefficient (Wildman–Crippen LogP) is 5.27. The number of rotatable bonds is 5. The van der Waals surface area contributed by atoms with Gasteiger partial charge in [-0.2, -0.15) is 18.3 Å². The number of thiocarbonyl (C=S) groups is 1. The van der Waals surface area contributed by atoms with Crippen LogP contribution in [0.3, 0.4) is 0 Å². The topological polar surface area (TPSA) is 60.1 Å². The van der Waals surface area contributed by atoms with Crippen molar-refractivity contribution in [2.45, 2.75) is 17.0 Å². The molecule has 154 valence electrons. The minimum Gasteiger partial charge on any atom is -0.468 e. The molecule has 4 rings (SSSR count). The van der Waals surface area contributed by atoms with Crippen LogP contribution in [-0.2, 0) is 16.7 Å².